The summed E-state index contributed by atoms with van der Waals surface area (Å²) >= 11 is 0. The molecule has 0 radical (unpaired) electrons. The Kier molecular flexibility index (Phi) is 46.2. The fourth-order valence-corrected chi connectivity index (χ4v) is 7.49. The summed E-state index contributed by atoms with van der Waals surface area (Å²) in [5.41, 5.74) is 0. The lowest BCUT2D eigenvalue weighted by atomic mass is 10.0. The Balaban J connectivity index is 3.43. The van der Waals surface area contributed by atoms with Crippen molar-refractivity contribution in [2.24, 2.45) is 0 Å². The van der Waals surface area contributed by atoms with Gasteiger partial charge >= 0.3 is 5.97 Å². The van der Waals surface area contributed by atoms with Gasteiger partial charge in [-0.25, -0.2) is 0 Å². The van der Waals surface area contributed by atoms with Crippen molar-refractivity contribution in [3.05, 3.63) is 36.5 Å². The van der Waals surface area contributed by atoms with Crippen LogP contribution in [0.4, 0.5) is 0 Å². The van der Waals surface area contributed by atoms with E-state index in [1.54, 1.807) is 6.08 Å². The Labute approximate surface area is 360 Å². The summed E-state index contributed by atoms with van der Waals surface area (Å²) in [4.78, 5) is 24.4. The average Bonchev–Trinajstić information content (AvgIpc) is 3.22. The van der Waals surface area contributed by atoms with Crippen LogP contribution in [0.15, 0.2) is 36.5 Å². The van der Waals surface area contributed by atoms with Gasteiger partial charge in [-0.2, -0.15) is 0 Å². The molecule has 0 aromatic heterocycles. The number of rotatable bonds is 46. The van der Waals surface area contributed by atoms with E-state index in [1.165, 1.54) is 167 Å². The number of hydrogen-bond acceptors (Lipinski definition) is 5. The normalized spacial score (nSPS) is 13.0. The Morgan fingerprint density at radius 3 is 1.34 bits per heavy atom. The monoisotopic (exact) mass is 816 g/mol. The zero-order chi connectivity index (χ0) is 42.3. The van der Waals surface area contributed by atoms with Gasteiger partial charge in [-0.3, -0.25) is 9.59 Å². The van der Waals surface area contributed by atoms with Crippen LogP contribution >= 0.6 is 0 Å². The van der Waals surface area contributed by atoms with Crippen molar-refractivity contribution < 1.29 is 24.5 Å². The second-order valence-corrected chi connectivity index (χ2v) is 17.1. The van der Waals surface area contributed by atoms with Gasteiger partial charge in [-0.05, 0) is 64.2 Å². The molecule has 340 valence electrons. The highest BCUT2D eigenvalue weighted by molar-refractivity contribution is 5.76. The molecule has 0 aliphatic heterocycles. The molecule has 6 nitrogen and oxygen atoms in total. The lowest BCUT2D eigenvalue weighted by molar-refractivity contribution is -0.143. The van der Waals surface area contributed by atoms with Crippen molar-refractivity contribution in [2.75, 3.05) is 13.2 Å². The number of nitrogens with one attached hydrogen (secondary N) is 1. The Hall–Kier alpha value is -1.92. The molecule has 0 saturated heterocycles. The molecular formula is C52H97NO5. The molecule has 0 rings (SSSR count). The topological polar surface area (TPSA) is 95.9 Å². The lowest BCUT2D eigenvalue weighted by Gasteiger charge is -2.20. The van der Waals surface area contributed by atoms with E-state index in [0.29, 0.717) is 19.4 Å². The second kappa shape index (κ2) is 47.8. The molecule has 1 amide bonds. The molecule has 58 heavy (non-hydrogen) atoms. The molecule has 6 heteroatoms. The highest BCUT2D eigenvalue weighted by Crippen LogP contribution is 2.15. The minimum absolute atomic E-state index is 0.00923. The molecule has 2 unspecified atom stereocenters. The number of unbranched alkanes of at least 4 members (excludes halogenated alkanes) is 31. The molecule has 0 aliphatic rings. The van der Waals surface area contributed by atoms with Crippen molar-refractivity contribution in [3.8, 4) is 0 Å². The quantitative estimate of drug-likeness (QED) is 0.0323. The minimum Gasteiger partial charge on any atom is -0.466 e. The summed E-state index contributed by atoms with van der Waals surface area (Å²) in [6.07, 6.45) is 57.2. The number of amides is 1. The molecule has 0 aromatic rings. The predicted molar refractivity (Wildman–Crippen MR) is 250 cm³/mol. The SMILES string of the molecule is CCCCC/C=C\C/C=C\CCCCCCCCCC(=O)OCCCCCCCCCCCCCCCCCC(=O)NC(CO)C(O)/C=C/CCCCCCCCC. The van der Waals surface area contributed by atoms with Crippen molar-refractivity contribution in [2.45, 2.75) is 270 Å². The number of aliphatic hydroxyl groups is 2. The average molecular weight is 816 g/mol. The first kappa shape index (κ1) is 56.1. The van der Waals surface area contributed by atoms with Crippen LogP contribution in [0.1, 0.15) is 258 Å². The first-order valence-electron chi connectivity index (χ1n) is 25.3. The predicted octanol–water partition coefficient (Wildman–Crippen LogP) is 14.9. The smallest absolute Gasteiger partial charge is 0.305 e. The fraction of sp³-hybridized carbons (Fsp3) is 0.846. The molecule has 2 atom stereocenters. The molecule has 0 bridgehead atoms. The number of carbonyl (C=O) groups excluding carboxylic acids is 2. The zero-order valence-electron chi connectivity index (χ0n) is 38.5. The summed E-state index contributed by atoms with van der Waals surface area (Å²) in [5, 5.41) is 22.9. The number of allylic oxidation sites excluding steroid dienone is 5. The minimum atomic E-state index is -0.848. The zero-order valence-corrected chi connectivity index (χ0v) is 38.5. The Morgan fingerprint density at radius 2 is 0.862 bits per heavy atom. The van der Waals surface area contributed by atoms with Gasteiger partial charge in [0.15, 0.2) is 0 Å². The maximum Gasteiger partial charge on any atom is 0.305 e. The molecule has 0 aromatic carbocycles. The summed E-state index contributed by atoms with van der Waals surface area (Å²) < 4.78 is 5.47. The van der Waals surface area contributed by atoms with E-state index in [-0.39, 0.29) is 18.5 Å². The van der Waals surface area contributed by atoms with Gasteiger partial charge in [0, 0.05) is 12.8 Å². The van der Waals surface area contributed by atoms with Gasteiger partial charge in [0.1, 0.15) is 0 Å². The van der Waals surface area contributed by atoms with E-state index in [2.05, 4.69) is 43.5 Å². The fourth-order valence-electron chi connectivity index (χ4n) is 7.49. The number of carbonyl (C=O) groups is 2. The molecule has 0 heterocycles. The third-order valence-corrected chi connectivity index (χ3v) is 11.4. The van der Waals surface area contributed by atoms with Crippen LogP contribution in [0.2, 0.25) is 0 Å². The first-order valence-corrected chi connectivity index (χ1v) is 25.3. The van der Waals surface area contributed by atoms with Crippen molar-refractivity contribution in [1.29, 1.82) is 0 Å². The van der Waals surface area contributed by atoms with E-state index < -0.39 is 12.1 Å². The summed E-state index contributed by atoms with van der Waals surface area (Å²) in [6.45, 7) is 4.82. The number of hydrogen-bond donors (Lipinski definition) is 3. The highest BCUT2D eigenvalue weighted by atomic mass is 16.5. The first-order chi connectivity index (χ1) is 28.5. The van der Waals surface area contributed by atoms with E-state index in [0.717, 1.165) is 64.2 Å². The van der Waals surface area contributed by atoms with Crippen LogP contribution in [0.5, 0.6) is 0 Å². The van der Waals surface area contributed by atoms with E-state index in [1.807, 2.05) is 6.08 Å². The highest BCUT2D eigenvalue weighted by Gasteiger charge is 2.18. The molecule has 0 saturated carbocycles. The largest absolute Gasteiger partial charge is 0.466 e. The van der Waals surface area contributed by atoms with Gasteiger partial charge in [0.05, 0.1) is 25.4 Å². The standard InChI is InChI=1S/C52H97NO5/c1-3-5-7-9-11-13-14-15-16-17-20-23-26-30-34-38-42-46-52(57)58-47-43-39-35-31-27-24-21-18-19-22-25-29-33-37-41-45-51(56)53-49(48-54)50(55)44-40-36-32-28-12-10-8-6-4-2/h11,13,15-16,40,44,49-50,54-55H,3-10,12,14,17-39,41-43,45-48H2,1-2H3,(H,53,56)/b13-11-,16-15-,44-40+. The second-order valence-electron chi connectivity index (χ2n) is 17.1. The summed E-state index contributed by atoms with van der Waals surface area (Å²) in [7, 11) is 0. The lowest BCUT2D eigenvalue weighted by Crippen LogP contribution is -2.45. The summed E-state index contributed by atoms with van der Waals surface area (Å²) in [5.74, 6) is -0.0897. The van der Waals surface area contributed by atoms with Crippen LogP contribution in [-0.2, 0) is 14.3 Å². The number of esters is 1. The van der Waals surface area contributed by atoms with Gasteiger partial charge in [0.25, 0.3) is 0 Å². The van der Waals surface area contributed by atoms with Gasteiger partial charge in [0.2, 0.25) is 5.91 Å². The molecule has 0 spiro atoms. The number of ether oxygens (including phenoxy) is 1. The van der Waals surface area contributed by atoms with Crippen molar-refractivity contribution >= 4 is 11.9 Å². The third-order valence-electron chi connectivity index (χ3n) is 11.4. The van der Waals surface area contributed by atoms with Crippen LogP contribution < -0.4 is 5.32 Å². The maximum atomic E-state index is 12.4. The number of aliphatic hydroxyl groups excluding tert-OH is 2. The van der Waals surface area contributed by atoms with Gasteiger partial charge in [-0.15, -0.1) is 0 Å². The van der Waals surface area contributed by atoms with Gasteiger partial charge in [-0.1, -0.05) is 217 Å². The molecular weight excluding hydrogens is 719 g/mol. The third kappa shape index (κ3) is 43.7. The molecule has 3 N–H and O–H groups in total. The Bertz CT molecular complexity index is 946. The Morgan fingerprint density at radius 1 is 0.483 bits per heavy atom. The van der Waals surface area contributed by atoms with Crippen molar-refractivity contribution in [3.63, 3.8) is 0 Å². The molecule has 0 aliphatic carbocycles. The van der Waals surface area contributed by atoms with Crippen molar-refractivity contribution in [1.82, 2.24) is 5.32 Å². The van der Waals surface area contributed by atoms with E-state index in [9.17, 15) is 19.8 Å². The van der Waals surface area contributed by atoms with Crippen LogP contribution in [-0.4, -0.2) is 47.4 Å². The van der Waals surface area contributed by atoms with Crippen LogP contribution in [0.3, 0.4) is 0 Å². The maximum absolute atomic E-state index is 12.4. The molecule has 0 fully saturated rings. The summed E-state index contributed by atoms with van der Waals surface area (Å²) in [6, 6.07) is -0.632. The van der Waals surface area contributed by atoms with E-state index in [4.69, 9.17) is 4.74 Å². The van der Waals surface area contributed by atoms with Gasteiger partial charge < -0.3 is 20.3 Å². The van der Waals surface area contributed by atoms with Crippen LogP contribution in [0, 0.1) is 0 Å². The van der Waals surface area contributed by atoms with E-state index >= 15 is 0 Å². The van der Waals surface area contributed by atoms with Crippen LogP contribution in [0.25, 0.3) is 0 Å².